The number of hydrogen-bond donors (Lipinski definition) is 4. The fourth-order valence-electron chi connectivity index (χ4n) is 0. The van der Waals surface area contributed by atoms with Gasteiger partial charge in [-0.05, 0) is 0 Å². The molecule has 4 N–H and O–H groups in total. The molecule has 0 amide bonds. The van der Waals surface area contributed by atoms with Crippen LogP contribution in [0.25, 0.3) is 0 Å². The molecule has 5 heteroatoms. The van der Waals surface area contributed by atoms with Gasteiger partial charge < -0.3 is 0 Å². The topological polar surface area (TPSA) is 80.9 Å². The van der Waals surface area contributed by atoms with Gasteiger partial charge in [-0.15, -0.1) is 0 Å². The molecule has 0 aliphatic heterocycles. The summed E-state index contributed by atoms with van der Waals surface area (Å²) in [7, 11) is 0. The van der Waals surface area contributed by atoms with Gasteiger partial charge in [0.15, 0.2) is 0 Å². The third-order valence-electron chi connectivity index (χ3n) is 0. The van der Waals surface area contributed by atoms with E-state index in [0.29, 0.717) is 0 Å². The van der Waals surface area contributed by atoms with Crippen LogP contribution < -0.4 is 0 Å². The zero-order valence-electron chi connectivity index (χ0n) is 2.50. The summed E-state index contributed by atoms with van der Waals surface area (Å²) in [6, 6.07) is 0. The van der Waals surface area contributed by atoms with Crippen LogP contribution in [-0.4, -0.2) is 15.7 Å². The van der Waals surface area contributed by atoms with Crippen LogP contribution in [-0.2, 0) is 16.2 Å². The van der Waals surface area contributed by atoms with Crippen LogP contribution in [0.15, 0.2) is 0 Å². The molecule has 0 unspecified atom stereocenters. The second-order valence-corrected chi connectivity index (χ2v) is 4.41. The Kier molecular flexibility index (Phi) is 1.40. The first-order valence-electron chi connectivity index (χ1n) is 1.26. The number of hydrogen-bond acceptors (Lipinski definition) is 4. The molecule has 0 rings (SSSR count). The maximum absolute atomic E-state index is 7.41. The molecule has 0 aliphatic rings. The van der Waals surface area contributed by atoms with Crippen LogP contribution in [0.1, 0.15) is 0 Å². The van der Waals surface area contributed by atoms with Crippen molar-refractivity contribution in [2.24, 2.45) is 0 Å². The fraction of sp³-hybridized carbons (Fsp3) is 0. The Morgan fingerprint density at radius 1 is 0.800 bits per heavy atom. The van der Waals surface area contributed by atoms with Crippen LogP contribution in [0.3, 0.4) is 0 Å². The van der Waals surface area contributed by atoms with Gasteiger partial charge in [0.25, 0.3) is 0 Å². The van der Waals surface area contributed by atoms with Gasteiger partial charge in [0, 0.05) is 0 Å². The average Bonchev–Trinajstić information content (AvgIpc) is 0.722. The van der Waals surface area contributed by atoms with Gasteiger partial charge in [-0.3, -0.25) is 0 Å². The summed E-state index contributed by atoms with van der Waals surface area (Å²) in [6.07, 6.45) is 0. The molecular formula is H4O4Zn-2. The van der Waals surface area contributed by atoms with Crippen molar-refractivity contribution in [3.05, 3.63) is 0 Å². The van der Waals surface area contributed by atoms with Gasteiger partial charge in [-0.1, -0.05) is 0 Å². The summed E-state index contributed by atoms with van der Waals surface area (Å²) in [4.78, 5) is 0. The van der Waals surface area contributed by atoms with E-state index in [1.54, 1.807) is 0 Å². The molecule has 4 nitrogen and oxygen atoms in total. The molecule has 0 aliphatic carbocycles. The normalized spacial score (nSPS) is 12.0. The Morgan fingerprint density at radius 3 is 0.800 bits per heavy atom. The molecule has 0 fully saturated rings. The van der Waals surface area contributed by atoms with Gasteiger partial charge in [0.1, 0.15) is 0 Å². The van der Waals surface area contributed by atoms with Crippen molar-refractivity contribution in [3.63, 3.8) is 0 Å². The van der Waals surface area contributed by atoms with E-state index in [2.05, 4.69) is 0 Å². The molecule has 0 aromatic carbocycles. The summed E-state index contributed by atoms with van der Waals surface area (Å²) in [6.45, 7) is 0. The van der Waals surface area contributed by atoms with Crippen molar-refractivity contribution in [2.45, 2.75) is 0 Å². The van der Waals surface area contributed by atoms with E-state index in [4.69, 9.17) is 15.7 Å². The molecule has 0 bridgehead atoms. The summed E-state index contributed by atoms with van der Waals surface area (Å²) in [5.41, 5.74) is 0. The second-order valence-electron chi connectivity index (χ2n) is 0.849. The minimum atomic E-state index is -5.25. The molecular weight excluding hydrogens is 129 g/mol. The number of rotatable bonds is 0. The maximum atomic E-state index is 7.41. The summed E-state index contributed by atoms with van der Waals surface area (Å²) >= 11 is -5.25. The van der Waals surface area contributed by atoms with E-state index in [1.165, 1.54) is 0 Å². The minimum absolute atomic E-state index is 5.25. The first kappa shape index (κ1) is 5.46. The Labute approximate surface area is 32.7 Å². The molecule has 0 saturated heterocycles. The van der Waals surface area contributed by atoms with E-state index >= 15 is 0 Å². The molecule has 0 spiro atoms. The molecule has 0 radical (unpaired) electrons. The Hall–Kier alpha value is 0.463. The zero-order chi connectivity index (χ0) is 4.50. The molecule has 0 aromatic rings. The van der Waals surface area contributed by atoms with E-state index in [1.807, 2.05) is 0 Å². The average molecular weight is 133 g/mol. The Morgan fingerprint density at radius 2 is 0.800 bits per heavy atom. The predicted molar refractivity (Wildman–Crippen MR) is 8.88 cm³/mol. The molecule has 0 heterocycles. The Bertz CT molecular complexity index is 19.1. The van der Waals surface area contributed by atoms with Crippen LogP contribution >= 0.6 is 0 Å². The van der Waals surface area contributed by atoms with E-state index in [9.17, 15) is 0 Å². The Balaban J connectivity index is 3.02. The standard InChI is InChI=1S/4H2O.Zn/h4*1H2;/q;;;;+2/p-4. The van der Waals surface area contributed by atoms with Gasteiger partial charge >= 0.3 is 31.9 Å². The van der Waals surface area contributed by atoms with Crippen LogP contribution in [0.2, 0.25) is 0 Å². The van der Waals surface area contributed by atoms with Crippen LogP contribution in [0, 0.1) is 0 Å². The first-order valence-corrected chi connectivity index (χ1v) is 6.57. The van der Waals surface area contributed by atoms with E-state index in [-0.39, 0.29) is 0 Å². The van der Waals surface area contributed by atoms with Crippen molar-refractivity contribution >= 4 is 0 Å². The van der Waals surface area contributed by atoms with Gasteiger partial charge in [0.05, 0.1) is 0 Å². The SMILES string of the molecule is [OH][Zn-2]([OH])([OH])[OH]. The van der Waals surface area contributed by atoms with Crippen molar-refractivity contribution < 1.29 is 31.9 Å². The summed E-state index contributed by atoms with van der Waals surface area (Å²) in [5.74, 6) is 0. The predicted octanol–water partition coefficient (Wildman–Crippen LogP) is -2.23. The van der Waals surface area contributed by atoms with Gasteiger partial charge in [0.2, 0.25) is 0 Å². The second kappa shape index (κ2) is 1.28. The molecule has 0 atom stereocenters. The monoisotopic (exact) mass is 132 g/mol. The van der Waals surface area contributed by atoms with Crippen molar-refractivity contribution in [2.75, 3.05) is 0 Å². The first-order chi connectivity index (χ1) is 2.00. The molecule has 5 heavy (non-hydrogen) atoms. The van der Waals surface area contributed by atoms with Crippen molar-refractivity contribution in [1.82, 2.24) is 0 Å². The van der Waals surface area contributed by atoms with Crippen molar-refractivity contribution in [1.29, 1.82) is 0 Å². The van der Waals surface area contributed by atoms with E-state index in [0.717, 1.165) is 0 Å². The van der Waals surface area contributed by atoms with Crippen molar-refractivity contribution in [3.8, 4) is 0 Å². The molecule has 32 valence electrons. The fourth-order valence-corrected chi connectivity index (χ4v) is 0. The van der Waals surface area contributed by atoms with Crippen LogP contribution in [0.4, 0.5) is 0 Å². The summed E-state index contributed by atoms with van der Waals surface area (Å²) in [5, 5.41) is 0. The molecule has 0 aromatic heterocycles. The molecule has 0 saturated carbocycles. The summed E-state index contributed by atoms with van der Waals surface area (Å²) < 4.78 is 29.6. The van der Waals surface area contributed by atoms with Gasteiger partial charge in [-0.25, -0.2) is 0 Å². The van der Waals surface area contributed by atoms with Gasteiger partial charge in [-0.2, -0.15) is 0 Å². The third kappa shape index (κ3) is 126. The third-order valence-corrected chi connectivity index (χ3v) is 0. The quantitative estimate of drug-likeness (QED) is 0.282. The van der Waals surface area contributed by atoms with E-state index < -0.39 is 16.2 Å². The zero-order valence-corrected chi connectivity index (χ0v) is 5.46. The van der Waals surface area contributed by atoms with Crippen LogP contribution in [0.5, 0.6) is 0 Å².